The minimum Gasteiger partial charge on any atom is -0.336 e. The van der Waals surface area contributed by atoms with Crippen molar-refractivity contribution in [3.05, 3.63) is 59.4 Å². The molecule has 1 aromatic carbocycles. The molecule has 5 nitrogen and oxygen atoms in total. The number of carbonyl (C=O) groups is 1. The Morgan fingerprint density at radius 3 is 2.65 bits per heavy atom. The van der Waals surface area contributed by atoms with Crippen LogP contribution in [-0.2, 0) is 5.41 Å². The summed E-state index contributed by atoms with van der Waals surface area (Å²) < 4.78 is 0. The van der Waals surface area contributed by atoms with E-state index in [1.807, 2.05) is 42.2 Å². The predicted octanol–water partition coefficient (Wildman–Crippen LogP) is 3.55. The first kappa shape index (κ1) is 18.4. The Kier molecular flexibility index (Phi) is 5.28. The highest BCUT2D eigenvalue weighted by Gasteiger charge is 2.39. The molecule has 0 radical (unpaired) electrons. The van der Waals surface area contributed by atoms with E-state index < -0.39 is 0 Å². The Labute approximate surface area is 155 Å². The van der Waals surface area contributed by atoms with Crippen LogP contribution in [0.1, 0.15) is 43.8 Å². The molecule has 0 saturated carbocycles. The number of pyridine rings is 1. The van der Waals surface area contributed by atoms with Gasteiger partial charge < -0.3 is 10.6 Å². The van der Waals surface area contributed by atoms with Crippen molar-refractivity contribution >= 4 is 11.7 Å². The van der Waals surface area contributed by atoms with Gasteiger partial charge in [0.15, 0.2) is 0 Å². The second-order valence-electron chi connectivity index (χ2n) is 7.50. The minimum absolute atomic E-state index is 0.0682. The summed E-state index contributed by atoms with van der Waals surface area (Å²) in [6.07, 6.45) is 0. The van der Waals surface area contributed by atoms with Gasteiger partial charge in [-0.15, -0.1) is 0 Å². The lowest BCUT2D eigenvalue weighted by Gasteiger charge is -2.23. The van der Waals surface area contributed by atoms with Crippen molar-refractivity contribution in [2.75, 3.05) is 24.5 Å². The summed E-state index contributed by atoms with van der Waals surface area (Å²) in [5.41, 5.74) is 3.93. The molecule has 2 heterocycles. The molecule has 0 bridgehead atoms. The lowest BCUT2D eigenvalue weighted by molar-refractivity contribution is 0.244. The van der Waals surface area contributed by atoms with Gasteiger partial charge in [-0.25, -0.2) is 4.79 Å². The van der Waals surface area contributed by atoms with E-state index in [9.17, 15) is 4.79 Å². The topological polar surface area (TPSA) is 57.3 Å². The molecule has 2 aromatic rings. The van der Waals surface area contributed by atoms with Crippen molar-refractivity contribution < 1.29 is 4.79 Å². The number of amides is 2. The monoisotopic (exact) mass is 352 g/mol. The molecular weight excluding hydrogens is 324 g/mol. The van der Waals surface area contributed by atoms with Crippen LogP contribution < -0.4 is 15.5 Å². The van der Waals surface area contributed by atoms with Gasteiger partial charge in [0.1, 0.15) is 0 Å². The number of anilines is 1. The summed E-state index contributed by atoms with van der Waals surface area (Å²) in [6, 6.07) is 14.2. The quantitative estimate of drug-likeness (QED) is 0.865. The van der Waals surface area contributed by atoms with Crippen LogP contribution in [0.4, 0.5) is 10.5 Å². The zero-order chi connectivity index (χ0) is 18.7. The van der Waals surface area contributed by atoms with Gasteiger partial charge in [-0.2, -0.15) is 0 Å². The first-order chi connectivity index (χ1) is 12.4. The van der Waals surface area contributed by atoms with Gasteiger partial charge in [-0.1, -0.05) is 51.1 Å². The summed E-state index contributed by atoms with van der Waals surface area (Å²) in [5, 5.41) is 6.54. The Balaban J connectivity index is 1.73. The van der Waals surface area contributed by atoms with E-state index in [1.54, 1.807) is 0 Å². The first-order valence-corrected chi connectivity index (χ1v) is 9.24. The highest BCUT2D eigenvalue weighted by atomic mass is 16.2. The molecule has 0 aliphatic carbocycles. The fourth-order valence-corrected chi connectivity index (χ4v) is 3.53. The van der Waals surface area contributed by atoms with Gasteiger partial charge in [0.05, 0.1) is 11.4 Å². The highest BCUT2D eigenvalue weighted by Crippen LogP contribution is 2.39. The number of urea groups is 1. The molecule has 1 atom stereocenters. The van der Waals surface area contributed by atoms with Crippen molar-refractivity contribution in [3.63, 3.8) is 0 Å². The number of likely N-dealkylation sites (N-methyl/N-ethyl adjacent to an activating group) is 1. The molecular formula is C21H28N4O. The minimum atomic E-state index is -0.140. The fraction of sp³-hybridized carbons (Fsp3) is 0.429. The average molecular weight is 352 g/mol. The van der Waals surface area contributed by atoms with Crippen LogP contribution >= 0.6 is 0 Å². The number of carbonyl (C=O) groups excluding carboxylic acids is 1. The lowest BCUT2D eigenvalue weighted by atomic mass is 9.91. The standard InChI is InChI=1S/C21H28N4O/c1-5-22-17(16-9-7-6-8-10-16)13-23-20(26)25-14-21(3,4)19-18(25)12-11-15(2)24-19/h6-12,17,22H,5,13-14H2,1-4H3,(H,23,26). The van der Waals surface area contributed by atoms with Crippen molar-refractivity contribution in [2.45, 2.75) is 39.2 Å². The largest absolute Gasteiger partial charge is 0.336 e. The van der Waals surface area contributed by atoms with Crippen LogP contribution in [0.2, 0.25) is 0 Å². The molecule has 2 N–H and O–H groups in total. The number of fused-ring (bicyclic) bond motifs is 1. The Morgan fingerprint density at radius 2 is 1.96 bits per heavy atom. The third-order valence-electron chi connectivity index (χ3n) is 4.85. The van der Waals surface area contributed by atoms with Crippen molar-refractivity contribution in [1.82, 2.24) is 15.6 Å². The predicted molar refractivity (Wildman–Crippen MR) is 106 cm³/mol. The molecule has 2 amide bonds. The molecule has 0 spiro atoms. The van der Waals surface area contributed by atoms with Gasteiger partial charge in [0.25, 0.3) is 0 Å². The van der Waals surface area contributed by atoms with Gasteiger partial charge in [0, 0.05) is 30.2 Å². The number of nitrogens with one attached hydrogen (secondary N) is 2. The summed E-state index contributed by atoms with van der Waals surface area (Å²) >= 11 is 0. The van der Waals surface area contributed by atoms with E-state index in [4.69, 9.17) is 0 Å². The van der Waals surface area contributed by atoms with E-state index in [2.05, 4.69) is 48.5 Å². The molecule has 1 aromatic heterocycles. The molecule has 1 unspecified atom stereocenters. The van der Waals surface area contributed by atoms with Crippen LogP contribution in [0, 0.1) is 6.92 Å². The summed E-state index contributed by atoms with van der Waals surface area (Å²) in [5.74, 6) is 0. The summed E-state index contributed by atoms with van der Waals surface area (Å²) in [4.78, 5) is 19.4. The zero-order valence-corrected chi connectivity index (χ0v) is 16.0. The third kappa shape index (κ3) is 3.73. The van der Waals surface area contributed by atoms with Gasteiger partial charge in [-0.05, 0) is 31.2 Å². The van der Waals surface area contributed by atoms with E-state index >= 15 is 0 Å². The normalized spacial score (nSPS) is 16.2. The van der Waals surface area contributed by atoms with E-state index in [0.717, 1.165) is 23.6 Å². The van der Waals surface area contributed by atoms with E-state index in [1.165, 1.54) is 5.56 Å². The molecule has 0 saturated heterocycles. The number of nitrogens with zero attached hydrogens (tertiary/aromatic N) is 2. The SMILES string of the molecule is CCNC(CNC(=O)N1CC(C)(C)c2nc(C)ccc21)c1ccccc1. The molecule has 138 valence electrons. The Morgan fingerprint density at radius 1 is 1.23 bits per heavy atom. The summed E-state index contributed by atoms with van der Waals surface area (Å²) in [6.45, 7) is 10.4. The average Bonchev–Trinajstić information content (AvgIpc) is 2.90. The van der Waals surface area contributed by atoms with E-state index in [0.29, 0.717) is 13.1 Å². The maximum absolute atomic E-state index is 12.9. The van der Waals surface area contributed by atoms with Gasteiger partial charge >= 0.3 is 6.03 Å². The van der Waals surface area contributed by atoms with Crippen LogP contribution in [0.25, 0.3) is 0 Å². The number of rotatable bonds is 5. The van der Waals surface area contributed by atoms with Crippen LogP contribution in [0.15, 0.2) is 42.5 Å². The second kappa shape index (κ2) is 7.46. The first-order valence-electron chi connectivity index (χ1n) is 9.24. The third-order valence-corrected chi connectivity index (χ3v) is 4.85. The Hall–Kier alpha value is -2.40. The highest BCUT2D eigenvalue weighted by molar-refractivity contribution is 5.94. The zero-order valence-electron chi connectivity index (χ0n) is 16.0. The van der Waals surface area contributed by atoms with Crippen molar-refractivity contribution in [3.8, 4) is 0 Å². The van der Waals surface area contributed by atoms with E-state index in [-0.39, 0.29) is 17.5 Å². The molecule has 5 heteroatoms. The second-order valence-corrected chi connectivity index (χ2v) is 7.50. The van der Waals surface area contributed by atoms with Crippen LogP contribution in [0.3, 0.4) is 0 Å². The number of aryl methyl sites for hydroxylation is 1. The number of benzene rings is 1. The molecule has 0 fully saturated rings. The maximum Gasteiger partial charge on any atom is 0.322 e. The fourth-order valence-electron chi connectivity index (χ4n) is 3.53. The smallest absolute Gasteiger partial charge is 0.322 e. The molecule has 3 rings (SSSR count). The number of aromatic nitrogens is 1. The lowest BCUT2D eigenvalue weighted by Crippen LogP contribution is -2.44. The van der Waals surface area contributed by atoms with Crippen molar-refractivity contribution in [2.24, 2.45) is 0 Å². The van der Waals surface area contributed by atoms with Crippen molar-refractivity contribution in [1.29, 1.82) is 0 Å². The Bertz CT molecular complexity index is 773. The van der Waals surface area contributed by atoms with Gasteiger partial charge in [0.2, 0.25) is 0 Å². The maximum atomic E-state index is 12.9. The number of hydrogen-bond donors (Lipinski definition) is 2. The van der Waals surface area contributed by atoms with Gasteiger partial charge in [-0.3, -0.25) is 9.88 Å². The van der Waals surface area contributed by atoms with Crippen LogP contribution in [0.5, 0.6) is 0 Å². The molecule has 26 heavy (non-hydrogen) atoms. The summed E-state index contributed by atoms with van der Waals surface area (Å²) in [7, 11) is 0. The van der Waals surface area contributed by atoms with Crippen LogP contribution in [-0.4, -0.2) is 30.6 Å². The molecule has 1 aliphatic rings. The molecule has 1 aliphatic heterocycles. The number of hydrogen-bond acceptors (Lipinski definition) is 3.